The van der Waals surface area contributed by atoms with Crippen LogP contribution in [0.3, 0.4) is 0 Å². The number of rotatable bonds is 7. The summed E-state index contributed by atoms with van der Waals surface area (Å²) in [6.45, 7) is 2.70. The lowest BCUT2D eigenvalue weighted by Gasteiger charge is -2.01. The molecule has 0 aliphatic heterocycles. The van der Waals surface area contributed by atoms with Crippen LogP contribution in [0.15, 0.2) is 46.9 Å². The molecule has 5 nitrogen and oxygen atoms in total. The fourth-order valence-corrected chi connectivity index (χ4v) is 3.39. The van der Waals surface area contributed by atoms with Crippen molar-refractivity contribution in [1.82, 2.24) is 20.5 Å². The van der Waals surface area contributed by atoms with Gasteiger partial charge < -0.3 is 5.32 Å². The number of hydrogen-bond acceptors (Lipinski definition) is 5. The van der Waals surface area contributed by atoms with E-state index in [1.807, 2.05) is 29.6 Å². The SMILES string of the molecule is CCc1ccc(-c2nc(SCC(=O)NCc3cccs3)n[nH]2)cc1. The number of thioether (sulfide) groups is 1. The van der Waals surface area contributed by atoms with Crippen molar-refractivity contribution in [1.29, 1.82) is 0 Å². The summed E-state index contributed by atoms with van der Waals surface area (Å²) in [5.74, 6) is 1.00. The Hall–Kier alpha value is -2.12. The van der Waals surface area contributed by atoms with Gasteiger partial charge in [-0.05, 0) is 23.4 Å². The van der Waals surface area contributed by atoms with Gasteiger partial charge in [0.25, 0.3) is 0 Å². The number of aryl methyl sites for hydroxylation is 1. The molecule has 0 atom stereocenters. The molecule has 2 heterocycles. The third-order valence-corrected chi connectivity index (χ3v) is 5.20. The van der Waals surface area contributed by atoms with E-state index in [0.717, 1.165) is 22.7 Å². The summed E-state index contributed by atoms with van der Waals surface area (Å²) in [5, 5.41) is 12.6. The summed E-state index contributed by atoms with van der Waals surface area (Å²) in [7, 11) is 0. The summed E-state index contributed by atoms with van der Waals surface area (Å²) in [5.41, 5.74) is 2.28. The second-order valence-electron chi connectivity index (χ2n) is 5.16. The van der Waals surface area contributed by atoms with Gasteiger partial charge in [-0.3, -0.25) is 9.89 Å². The Bertz CT molecular complexity index is 781. The van der Waals surface area contributed by atoms with Crippen LogP contribution in [0.4, 0.5) is 0 Å². The Balaban J connectivity index is 1.51. The summed E-state index contributed by atoms with van der Waals surface area (Å²) < 4.78 is 0. The number of H-pyrrole nitrogens is 1. The molecule has 0 aliphatic carbocycles. The number of thiophene rings is 1. The first-order chi connectivity index (χ1) is 11.7. The fraction of sp³-hybridized carbons (Fsp3) is 0.235. The summed E-state index contributed by atoms with van der Waals surface area (Å²) >= 11 is 2.96. The lowest BCUT2D eigenvalue weighted by molar-refractivity contribution is -0.118. The standard InChI is InChI=1S/C17H18N4OS2/c1-2-12-5-7-13(8-6-12)16-19-17(21-20-16)24-11-15(22)18-10-14-4-3-9-23-14/h3-9H,2,10-11H2,1H3,(H,18,22)(H,19,20,21). The van der Waals surface area contributed by atoms with Gasteiger partial charge in [-0.25, -0.2) is 4.98 Å². The number of nitrogens with zero attached hydrogens (tertiary/aromatic N) is 2. The Labute approximate surface area is 148 Å². The zero-order valence-corrected chi connectivity index (χ0v) is 14.9. The first-order valence-corrected chi connectivity index (χ1v) is 9.54. The number of benzene rings is 1. The maximum Gasteiger partial charge on any atom is 0.230 e. The van der Waals surface area contributed by atoms with E-state index in [1.165, 1.54) is 17.3 Å². The van der Waals surface area contributed by atoms with Crippen molar-refractivity contribution in [2.24, 2.45) is 0 Å². The van der Waals surface area contributed by atoms with Gasteiger partial charge in [0.2, 0.25) is 11.1 Å². The van der Waals surface area contributed by atoms with Crippen LogP contribution in [0, 0.1) is 0 Å². The molecular formula is C17H18N4OS2. The minimum Gasteiger partial charge on any atom is -0.350 e. The maximum absolute atomic E-state index is 11.9. The highest BCUT2D eigenvalue weighted by molar-refractivity contribution is 7.99. The van der Waals surface area contributed by atoms with Gasteiger partial charge in [-0.2, -0.15) is 0 Å². The van der Waals surface area contributed by atoms with Gasteiger partial charge in [0.05, 0.1) is 12.3 Å². The second kappa shape index (κ2) is 8.12. The molecular weight excluding hydrogens is 340 g/mol. The third kappa shape index (κ3) is 4.46. The number of aromatic amines is 1. The molecule has 24 heavy (non-hydrogen) atoms. The summed E-state index contributed by atoms with van der Waals surface area (Å²) in [4.78, 5) is 17.4. The molecule has 0 saturated carbocycles. The summed E-state index contributed by atoms with van der Waals surface area (Å²) in [6.07, 6.45) is 1.01. The number of carbonyl (C=O) groups is 1. The van der Waals surface area contributed by atoms with Crippen LogP contribution in [0.5, 0.6) is 0 Å². The lowest BCUT2D eigenvalue weighted by Crippen LogP contribution is -2.24. The van der Waals surface area contributed by atoms with Crippen molar-refractivity contribution in [2.45, 2.75) is 25.0 Å². The molecule has 124 valence electrons. The molecule has 0 fully saturated rings. The van der Waals surface area contributed by atoms with Crippen LogP contribution in [0.25, 0.3) is 11.4 Å². The van der Waals surface area contributed by atoms with Gasteiger partial charge in [0.1, 0.15) is 0 Å². The van der Waals surface area contributed by atoms with Crippen LogP contribution < -0.4 is 5.32 Å². The molecule has 0 radical (unpaired) electrons. The van der Waals surface area contributed by atoms with Crippen LogP contribution in [0.2, 0.25) is 0 Å². The Kier molecular flexibility index (Phi) is 5.66. The lowest BCUT2D eigenvalue weighted by atomic mass is 10.1. The molecule has 2 N–H and O–H groups in total. The molecule has 1 amide bonds. The van der Waals surface area contributed by atoms with E-state index in [-0.39, 0.29) is 5.91 Å². The highest BCUT2D eigenvalue weighted by Gasteiger charge is 2.09. The molecule has 7 heteroatoms. The van der Waals surface area contributed by atoms with Gasteiger partial charge >= 0.3 is 0 Å². The molecule has 0 unspecified atom stereocenters. The first-order valence-electron chi connectivity index (χ1n) is 7.68. The number of nitrogens with one attached hydrogen (secondary N) is 2. The van der Waals surface area contributed by atoms with Gasteiger partial charge in [-0.15, -0.1) is 16.4 Å². The Morgan fingerprint density at radius 1 is 1.29 bits per heavy atom. The Morgan fingerprint density at radius 3 is 2.83 bits per heavy atom. The van der Waals surface area contributed by atoms with Crippen molar-refractivity contribution in [3.8, 4) is 11.4 Å². The predicted octanol–water partition coefficient (Wildman–Crippen LogP) is 3.50. The van der Waals surface area contributed by atoms with Crippen LogP contribution in [0.1, 0.15) is 17.4 Å². The second-order valence-corrected chi connectivity index (χ2v) is 7.14. The van der Waals surface area contributed by atoms with Crippen LogP contribution >= 0.6 is 23.1 Å². The van der Waals surface area contributed by atoms with E-state index < -0.39 is 0 Å². The van der Waals surface area contributed by atoms with Gasteiger partial charge in [-0.1, -0.05) is 49.0 Å². The monoisotopic (exact) mass is 358 g/mol. The van der Waals surface area contributed by atoms with Crippen LogP contribution in [-0.4, -0.2) is 26.8 Å². The highest BCUT2D eigenvalue weighted by atomic mass is 32.2. The number of hydrogen-bond donors (Lipinski definition) is 2. The smallest absolute Gasteiger partial charge is 0.230 e. The van der Waals surface area contributed by atoms with Crippen molar-refractivity contribution >= 4 is 29.0 Å². The van der Waals surface area contributed by atoms with E-state index in [9.17, 15) is 4.79 Å². The molecule has 1 aromatic carbocycles. The number of carbonyl (C=O) groups excluding carboxylic acids is 1. The topological polar surface area (TPSA) is 70.7 Å². The molecule has 3 aromatic rings. The van der Waals surface area contributed by atoms with Gasteiger partial charge in [0, 0.05) is 10.4 Å². The number of aromatic nitrogens is 3. The fourth-order valence-electron chi connectivity index (χ4n) is 2.12. The molecule has 0 spiro atoms. The molecule has 3 rings (SSSR count). The molecule has 0 bridgehead atoms. The zero-order valence-electron chi connectivity index (χ0n) is 13.3. The van der Waals surface area contributed by atoms with E-state index in [4.69, 9.17) is 0 Å². The van der Waals surface area contributed by atoms with E-state index in [0.29, 0.717) is 17.5 Å². The van der Waals surface area contributed by atoms with Crippen molar-refractivity contribution in [3.05, 3.63) is 52.2 Å². The highest BCUT2D eigenvalue weighted by Crippen LogP contribution is 2.19. The van der Waals surface area contributed by atoms with Crippen molar-refractivity contribution in [2.75, 3.05) is 5.75 Å². The normalized spacial score (nSPS) is 10.7. The zero-order chi connectivity index (χ0) is 16.8. The summed E-state index contributed by atoms with van der Waals surface area (Å²) in [6, 6.07) is 12.2. The molecule has 2 aromatic heterocycles. The number of amides is 1. The van der Waals surface area contributed by atoms with Crippen molar-refractivity contribution in [3.63, 3.8) is 0 Å². The minimum absolute atomic E-state index is 0.0213. The average molecular weight is 358 g/mol. The van der Waals surface area contributed by atoms with E-state index >= 15 is 0 Å². The maximum atomic E-state index is 11.9. The average Bonchev–Trinajstić information content (AvgIpc) is 3.30. The largest absolute Gasteiger partial charge is 0.350 e. The minimum atomic E-state index is -0.0213. The van der Waals surface area contributed by atoms with E-state index in [2.05, 4.69) is 39.6 Å². The molecule has 0 saturated heterocycles. The predicted molar refractivity (Wildman–Crippen MR) is 98.1 cm³/mol. The van der Waals surface area contributed by atoms with Crippen LogP contribution in [-0.2, 0) is 17.8 Å². The molecule has 0 aliphatic rings. The quantitative estimate of drug-likeness (QED) is 0.634. The van der Waals surface area contributed by atoms with Gasteiger partial charge in [0.15, 0.2) is 5.82 Å². The third-order valence-electron chi connectivity index (χ3n) is 3.47. The van der Waals surface area contributed by atoms with E-state index in [1.54, 1.807) is 11.3 Å². The Morgan fingerprint density at radius 2 is 2.12 bits per heavy atom. The first kappa shape index (κ1) is 16.7. The van der Waals surface area contributed by atoms with Crippen molar-refractivity contribution < 1.29 is 4.79 Å².